The lowest BCUT2D eigenvalue weighted by Gasteiger charge is -2.03. The molecule has 1 heterocycles. The Hall–Kier alpha value is -1.92. The number of carboxylic acids is 1. The van der Waals surface area contributed by atoms with E-state index < -0.39 is 5.97 Å². The van der Waals surface area contributed by atoms with E-state index in [1.807, 2.05) is 12.1 Å². The summed E-state index contributed by atoms with van der Waals surface area (Å²) < 4.78 is 5.04. The highest BCUT2D eigenvalue weighted by Gasteiger charge is 2.10. The second-order valence-corrected chi connectivity index (χ2v) is 5.58. The minimum Gasteiger partial charge on any atom is -0.475 e. The number of thioether (sulfide) groups is 1. The Kier molecular flexibility index (Phi) is 5.30. The Morgan fingerprint density at radius 2 is 1.90 bits per heavy atom. The van der Waals surface area contributed by atoms with Gasteiger partial charge >= 0.3 is 5.97 Å². The van der Waals surface area contributed by atoms with E-state index in [-0.39, 0.29) is 24.0 Å². The molecule has 0 aliphatic heterocycles. The molecule has 0 spiro atoms. The summed E-state index contributed by atoms with van der Waals surface area (Å²) in [6.07, 6.45) is 0. The number of benzene rings is 1. The van der Waals surface area contributed by atoms with E-state index in [1.54, 1.807) is 12.1 Å². The number of rotatable bonds is 6. The van der Waals surface area contributed by atoms with Crippen LogP contribution in [0.15, 0.2) is 45.7 Å². The highest BCUT2D eigenvalue weighted by molar-refractivity contribution is 8.00. The lowest BCUT2D eigenvalue weighted by atomic mass is 10.4. The quantitative estimate of drug-likeness (QED) is 0.798. The summed E-state index contributed by atoms with van der Waals surface area (Å²) in [5, 5.41) is 12.0. The summed E-state index contributed by atoms with van der Waals surface area (Å²) in [6.45, 7) is 0.160. The summed E-state index contributed by atoms with van der Waals surface area (Å²) >= 11 is 7.16. The molecule has 0 unspecified atom stereocenters. The number of carbonyl (C=O) groups excluding carboxylic acids is 1. The van der Waals surface area contributed by atoms with E-state index >= 15 is 0 Å². The Labute approximate surface area is 130 Å². The number of aromatic carboxylic acids is 1. The molecule has 0 aliphatic carbocycles. The molecule has 0 bridgehead atoms. The van der Waals surface area contributed by atoms with Crippen molar-refractivity contribution in [1.29, 1.82) is 0 Å². The third-order valence-electron chi connectivity index (χ3n) is 2.52. The van der Waals surface area contributed by atoms with Gasteiger partial charge in [-0.2, -0.15) is 0 Å². The molecule has 2 aromatic rings. The second kappa shape index (κ2) is 7.19. The molecule has 0 saturated carbocycles. The van der Waals surface area contributed by atoms with Crippen molar-refractivity contribution in [2.75, 3.05) is 5.75 Å². The SMILES string of the molecule is O=C(CSc1ccc(Cl)cc1)NCc1ccc(C(=O)O)o1. The highest BCUT2D eigenvalue weighted by atomic mass is 35.5. The van der Waals surface area contributed by atoms with Gasteiger partial charge in [0.25, 0.3) is 0 Å². The summed E-state index contributed by atoms with van der Waals surface area (Å²) in [4.78, 5) is 23.3. The molecule has 21 heavy (non-hydrogen) atoms. The number of carboxylic acid groups (broad SMARTS) is 1. The molecule has 1 amide bonds. The first-order valence-corrected chi connectivity index (χ1v) is 7.38. The van der Waals surface area contributed by atoms with Crippen LogP contribution in [0.25, 0.3) is 0 Å². The Morgan fingerprint density at radius 1 is 1.19 bits per heavy atom. The maximum atomic E-state index is 11.7. The molecule has 0 fully saturated rings. The van der Waals surface area contributed by atoms with Gasteiger partial charge in [0.15, 0.2) is 0 Å². The van der Waals surface area contributed by atoms with E-state index in [1.165, 1.54) is 23.9 Å². The van der Waals surface area contributed by atoms with Gasteiger partial charge in [-0.1, -0.05) is 11.6 Å². The third kappa shape index (κ3) is 4.84. The van der Waals surface area contributed by atoms with Crippen LogP contribution in [0.5, 0.6) is 0 Å². The van der Waals surface area contributed by atoms with Gasteiger partial charge in [-0.25, -0.2) is 4.79 Å². The molecule has 7 heteroatoms. The van der Waals surface area contributed by atoms with Gasteiger partial charge in [-0.05, 0) is 36.4 Å². The number of amides is 1. The van der Waals surface area contributed by atoms with Crippen molar-refractivity contribution in [2.45, 2.75) is 11.4 Å². The molecule has 0 aliphatic rings. The first kappa shape index (κ1) is 15.5. The molecule has 2 N–H and O–H groups in total. The van der Waals surface area contributed by atoms with Gasteiger partial charge in [-0.15, -0.1) is 11.8 Å². The summed E-state index contributed by atoms with van der Waals surface area (Å²) in [6, 6.07) is 10.1. The van der Waals surface area contributed by atoms with Crippen LogP contribution in [0.1, 0.15) is 16.3 Å². The average molecular weight is 326 g/mol. The monoisotopic (exact) mass is 325 g/mol. The zero-order chi connectivity index (χ0) is 15.2. The third-order valence-corrected chi connectivity index (χ3v) is 3.78. The predicted molar refractivity (Wildman–Crippen MR) is 79.7 cm³/mol. The summed E-state index contributed by atoms with van der Waals surface area (Å²) in [5.74, 6) is -0.783. The lowest BCUT2D eigenvalue weighted by Crippen LogP contribution is -2.24. The zero-order valence-electron chi connectivity index (χ0n) is 10.8. The first-order valence-electron chi connectivity index (χ1n) is 6.01. The van der Waals surface area contributed by atoms with Crippen molar-refractivity contribution in [3.8, 4) is 0 Å². The van der Waals surface area contributed by atoms with Crippen LogP contribution < -0.4 is 5.32 Å². The fourth-order valence-electron chi connectivity index (χ4n) is 1.50. The first-order chi connectivity index (χ1) is 10.0. The van der Waals surface area contributed by atoms with Crippen molar-refractivity contribution in [3.05, 3.63) is 52.9 Å². The maximum Gasteiger partial charge on any atom is 0.371 e. The van der Waals surface area contributed by atoms with Crippen molar-refractivity contribution < 1.29 is 19.1 Å². The molecule has 0 atom stereocenters. The van der Waals surface area contributed by atoms with Crippen molar-refractivity contribution in [3.63, 3.8) is 0 Å². The molecule has 0 saturated heterocycles. The standard InChI is InChI=1S/C14H12ClNO4S/c15-9-1-4-11(5-2-9)21-8-13(17)16-7-10-3-6-12(20-10)14(18)19/h1-6H,7-8H2,(H,16,17)(H,18,19). The van der Waals surface area contributed by atoms with Crippen molar-refractivity contribution in [2.24, 2.45) is 0 Å². The van der Waals surface area contributed by atoms with E-state index in [0.717, 1.165) is 4.90 Å². The highest BCUT2D eigenvalue weighted by Crippen LogP contribution is 2.20. The van der Waals surface area contributed by atoms with Crippen LogP contribution in [0.2, 0.25) is 5.02 Å². The topological polar surface area (TPSA) is 79.5 Å². The van der Waals surface area contributed by atoms with Crippen LogP contribution in [0.4, 0.5) is 0 Å². The molecule has 1 aromatic carbocycles. The smallest absolute Gasteiger partial charge is 0.371 e. The van der Waals surface area contributed by atoms with Crippen LogP contribution in [0.3, 0.4) is 0 Å². The lowest BCUT2D eigenvalue weighted by molar-refractivity contribution is -0.118. The summed E-state index contributed by atoms with van der Waals surface area (Å²) in [7, 11) is 0. The van der Waals surface area contributed by atoms with E-state index in [0.29, 0.717) is 10.8 Å². The Morgan fingerprint density at radius 3 is 2.52 bits per heavy atom. The predicted octanol–water partition coefficient (Wildman–Crippen LogP) is 3.04. The number of halogens is 1. The minimum atomic E-state index is -1.13. The van der Waals surface area contributed by atoms with Crippen LogP contribution in [-0.4, -0.2) is 22.7 Å². The van der Waals surface area contributed by atoms with Crippen molar-refractivity contribution in [1.82, 2.24) is 5.32 Å². The molecular formula is C14H12ClNO4S. The van der Waals surface area contributed by atoms with Crippen molar-refractivity contribution >= 4 is 35.2 Å². The van der Waals surface area contributed by atoms with Crippen LogP contribution in [0, 0.1) is 0 Å². The molecule has 5 nitrogen and oxygen atoms in total. The maximum absolute atomic E-state index is 11.7. The van der Waals surface area contributed by atoms with Crippen LogP contribution in [-0.2, 0) is 11.3 Å². The Balaban J connectivity index is 1.76. The number of hydrogen-bond acceptors (Lipinski definition) is 4. The molecular weight excluding hydrogens is 314 g/mol. The molecule has 110 valence electrons. The average Bonchev–Trinajstić information content (AvgIpc) is 2.93. The normalized spacial score (nSPS) is 10.3. The van der Waals surface area contributed by atoms with E-state index in [4.69, 9.17) is 21.1 Å². The summed E-state index contributed by atoms with van der Waals surface area (Å²) in [5.41, 5.74) is 0. The van der Waals surface area contributed by atoms with E-state index in [9.17, 15) is 9.59 Å². The number of carbonyl (C=O) groups is 2. The van der Waals surface area contributed by atoms with E-state index in [2.05, 4.69) is 5.32 Å². The molecule has 1 aromatic heterocycles. The molecule has 2 rings (SSSR count). The van der Waals surface area contributed by atoms with Gasteiger partial charge in [-0.3, -0.25) is 4.79 Å². The second-order valence-electron chi connectivity index (χ2n) is 4.09. The number of nitrogens with one attached hydrogen (secondary N) is 1. The number of furan rings is 1. The van der Waals surface area contributed by atoms with Gasteiger partial charge in [0.1, 0.15) is 5.76 Å². The van der Waals surface area contributed by atoms with Gasteiger partial charge in [0.05, 0.1) is 12.3 Å². The fraction of sp³-hybridized carbons (Fsp3) is 0.143. The van der Waals surface area contributed by atoms with Gasteiger partial charge in [0, 0.05) is 9.92 Å². The molecule has 0 radical (unpaired) electrons. The zero-order valence-corrected chi connectivity index (χ0v) is 12.4. The number of hydrogen-bond donors (Lipinski definition) is 2. The largest absolute Gasteiger partial charge is 0.475 e. The minimum absolute atomic E-state index is 0.144. The van der Waals surface area contributed by atoms with Gasteiger partial charge < -0.3 is 14.8 Å². The van der Waals surface area contributed by atoms with Crippen LogP contribution >= 0.6 is 23.4 Å². The Bertz CT molecular complexity index is 639. The fourth-order valence-corrected chi connectivity index (χ4v) is 2.36. The van der Waals surface area contributed by atoms with Gasteiger partial charge in [0.2, 0.25) is 11.7 Å².